The lowest BCUT2D eigenvalue weighted by Gasteiger charge is -2.28. The number of hydrogen-bond donors (Lipinski definition) is 2. The van der Waals surface area contributed by atoms with Crippen LogP contribution in [-0.4, -0.2) is 200 Å². The van der Waals surface area contributed by atoms with Crippen LogP contribution in [0, 0.1) is 0 Å². The monoisotopic (exact) mass is 1830 g/mol. The van der Waals surface area contributed by atoms with E-state index in [0.717, 1.165) is 227 Å². The standard InChI is InChI=1S/C14H18N2O.C14H14N2O.C14H18N2O.C14H14N2O.2C13H17N3O.2C13H13N3O/c2*1-15-9-7-11-10-12(5-6-13(11)15)16-8-3-2-4-14(16)17;2*1-15-9-7-11-5-6-12(10-13(11)15)16-8-3-2-4-14(16)17;1-15-8-5-10-9-11(3-4-12(10)15)16-7-2-6-14-13(16)17;1-15-8-5-10-3-4-11(9-12(10)15)16-7-2-6-14-13(16)17;1-15-6-4-10-8-11(2-3-12(10)15)16-7-5-14-9-13(16)17;1-15-6-4-10-2-3-11(8-12(10)15)16-7-5-14-9-13(16)17/h5-6,10H,2-4,7-9H2,1H3;2-6,8,10H,7,9H2,1H3;5-6,10H,2-4,7-9H2,1H3;2-6,8,10H,7,9H2,1H3;2*3-4,9H,2,5-8H2,1H3,(H,14,17);2*2-3,5,7-9H,4,6H2,1H3. The van der Waals surface area contributed by atoms with Gasteiger partial charge in [0.1, 0.15) is 0 Å². The van der Waals surface area contributed by atoms with Gasteiger partial charge in [-0.15, -0.1) is 0 Å². The molecule has 0 atom stereocenters. The zero-order valence-corrected chi connectivity index (χ0v) is 79.5. The van der Waals surface area contributed by atoms with Gasteiger partial charge in [0.05, 0.1) is 23.8 Å². The fourth-order valence-corrected chi connectivity index (χ4v) is 19.9. The fourth-order valence-electron chi connectivity index (χ4n) is 19.9. The first kappa shape index (κ1) is 93.1. The van der Waals surface area contributed by atoms with Crippen molar-refractivity contribution in [3.63, 3.8) is 0 Å². The maximum Gasteiger partial charge on any atom is 0.321 e. The Hall–Kier alpha value is -14.7. The number of carbonyl (C=O) groups excluding carboxylic acids is 4. The summed E-state index contributed by atoms with van der Waals surface area (Å²) in [5.41, 5.74) is 28.7. The number of nitrogens with zero attached hydrogens (tertiary/aromatic N) is 18. The molecule has 2 N–H and O–H groups in total. The number of nitrogens with one attached hydrogen (secondary N) is 2. The number of piperidine rings is 2. The molecular formula is C108H124N20O8. The molecule has 704 valence electrons. The highest BCUT2D eigenvalue weighted by Crippen LogP contribution is 2.39. The van der Waals surface area contributed by atoms with Gasteiger partial charge in [-0.05, 0) is 268 Å². The molecule has 4 fully saturated rings. The number of likely N-dealkylation sites (N-methyl/N-ethyl adjacent to an activating group) is 8. The summed E-state index contributed by atoms with van der Waals surface area (Å²) < 4.78 is 6.58. The molecule has 4 saturated heterocycles. The molecule has 6 amide bonds. The maximum atomic E-state index is 11.9. The minimum absolute atomic E-state index is 0.00750. The Labute approximate surface area is 795 Å². The predicted molar refractivity (Wildman–Crippen MR) is 548 cm³/mol. The van der Waals surface area contributed by atoms with E-state index < -0.39 is 0 Å². The summed E-state index contributed by atoms with van der Waals surface area (Å²) in [5.74, 6) is 0.555. The van der Waals surface area contributed by atoms with E-state index >= 15 is 0 Å². The first-order valence-electron chi connectivity index (χ1n) is 47.9. The summed E-state index contributed by atoms with van der Waals surface area (Å²) in [5, 5.41) is 5.77. The molecule has 0 bridgehead atoms. The van der Waals surface area contributed by atoms with Gasteiger partial charge in [-0.1, -0.05) is 36.4 Å². The van der Waals surface area contributed by atoms with Gasteiger partial charge in [0, 0.05) is 290 Å². The lowest BCUT2D eigenvalue weighted by atomic mass is 10.1. The number of aromatic nitrogens is 6. The third-order valence-corrected chi connectivity index (χ3v) is 27.8. The van der Waals surface area contributed by atoms with Gasteiger partial charge in [0.15, 0.2) is 0 Å². The van der Waals surface area contributed by atoms with E-state index in [4.69, 9.17) is 0 Å². The topological polar surface area (TPSA) is 245 Å². The molecule has 0 aliphatic carbocycles. The van der Waals surface area contributed by atoms with E-state index in [1.165, 1.54) is 102 Å². The van der Waals surface area contributed by atoms with Crippen LogP contribution in [0.25, 0.3) is 22.7 Å². The Bertz CT molecular complexity index is 6250. The van der Waals surface area contributed by atoms with Crippen molar-refractivity contribution in [2.45, 2.75) is 103 Å². The molecule has 12 aromatic rings. The van der Waals surface area contributed by atoms with Crippen LogP contribution in [0.15, 0.2) is 251 Å². The van der Waals surface area contributed by atoms with Crippen molar-refractivity contribution in [2.24, 2.45) is 0 Å². The number of hydrogen-bond acceptors (Lipinski definition) is 18. The molecule has 16 heterocycles. The smallest absolute Gasteiger partial charge is 0.321 e. The zero-order valence-electron chi connectivity index (χ0n) is 79.5. The third kappa shape index (κ3) is 21.1. The third-order valence-electron chi connectivity index (χ3n) is 27.8. The Morgan fingerprint density at radius 3 is 0.824 bits per heavy atom. The van der Waals surface area contributed by atoms with Gasteiger partial charge in [0.2, 0.25) is 11.8 Å². The Balaban J connectivity index is 0.000000108. The molecule has 0 unspecified atom stereocenters. The highest BCUT2D eigenvalue weighted by molar-refractivity contribution is 5.97. The van der Waals surface area contributed by atoms with Crippen LogP contribution >= 0.6 is 0 Å². The molecule has 0 radical (unpaired) electrons. The van der Waals surface area contributed by atoms with Crippen molar-refractivity contribution in [1.82, 2.24) is 38.9 Å². The minimum atomic E-state index is -0.104. The fraction of sp³-hybridized carbons (Fsp3) is 0.352. The number of amides is 6. The summed E-state index contributed by atoms with van der Waals surface area (Å²) in [6.45, 7) is 13.5. The van der Waals surface area contributed by atoms with Gasteiger partial charge in [0.25, 0.3) is 22.2 Å². The highest BCUT2D eigenvalue weighted by atomic mass is 16.2. The van der Waals surface area contributed by atoms with E-state index in [2.05, 4.69) is 231 Å². The number of anilines is 12. The molecule has 136 heavy (non-hydrogen) atoms. The molecular weight excluding hydrogens is 1710 g/mol. The van der Waals surface area contributed by atoms with Gasteiger partial charge in [-0.2, -0.15) is 0 Å². The van der Waals surface area contributed by atoms with Crippen LogP contribution in [0.2, 0.25) is 0 Å². The van der Waals surface area contributed by atoms with Crippen LogP contribution < -0.4 is 91.7 Å². The predicted octanol–water partition coefficient (Wildman–Crippen LogP) is 13.7. The zero-order chi connectivity index (χ0) is 94.6. The number of carbonyl (C=O) groups is 4. The first-order valence-corrected chi connectivity index (χ1v) is 47.9. The number of pyridine rings is 2. The Kier molecular flexibility index (Phi) is 28.9. The molecule has 28 heteroatoms. The Morgan fingerprint density at radius 2 is 0.493 bits per heavy atom. The SMILES string of the molecule is CN1CCc2cc(-n3ccccc3=O)ccc21.CN1CCc2cc(-n3ccncc3=O)ccc21.CN1CCc2cc(N3CCCCC3=O)ccc21.CN1CCc2cc(N3CCCNC3=O)ccc21.CN1CCc2ccc(-n3ccccc3=O)cc21.CN1CCc2ccc(-n3ccncc3=O)cc21.CN1CCc2ccc(N3CCCCC3=O)cc21.CN1CCc2ccc(N3CCCNC3=O)cc21. The number of rotatable bonds is 8. The van der Waals surface area contributed by atoms with Crippen molar-refractivity contribution in [1.29, 1.82) is 0 Å². The van der Waals surface area contributed by atoms with Crippen molar-refractivity contribution in [2.75, 3.05) is 207 Å². The quantitative estimate of drug-likeness (QED) is 0.144. The van der Waals surface area contributed by atoms with Gasteiger partial charge in [-0.3, -0.25) is 66.8 Å². The summed E-state index contributed by atoms with van der Waals surface area (Å²) in [7, 11) is 16.8. The molecule has 12 aliphatic rings. The highest BCUT2D eigenvalue weighted by Gasteiger charge is 2.30. The van der Waals surface area contributed by atoms with E-state index in [9.17, 15) is 38.4 Å². The average molecular weight is 1830 g/mol. The number of urea groups is 2. The van der Waals surface area contributed by atoms with Crippen LogP contribution in [0.1, 0.15) is 95.9 Å². The van der Waals surface area contributed by atoms with Crippen molar-refractivity contribution in [3.05, 3.63) is 317 Å². The summed E-state index contributed by atoms with van der Waals surface area (Å²) in [6.07, 6.45) is 29.4. The molecule has 0 spiro atoms. The number of fused-ring (bicyclic) bond motifs is 8. The van der Waals surface area contributed by atoms with Crippen LogP contribution in [0.5, 0.6) is 0 Å². The van der Waals surface area contributed by atoms with E-state index in [0.29, 0.717) is 12.8 Å². The second-order valence-corrected chi connectivity index (χ2v) is 36.7. The number of benzene rings is 8. The molecule has 0 saturated carbocycles. The van der Waals surface area contributed by atoms with Crippen molar-refractivity contribution >= 4 is 92.1 Å². The van der Waals surface area contributed by atoms with E-state index in [1.54, 1.807) is 73.5 Å². The Morgan fingerprint density at radius 1 is 0.228 bits per heavy atom. The van der Waals surface area contributed by atoms with E-state index in [1.807, 2.05) is 68.3 Å². The van der Waals surface area contributed by atoms with Crippen LogP contribution in [-0.2, 0) is 61.0 Å². The summed E-state index contributed by atoms with van der Waals surface area (Å²) >= 11 is 0. The molecule has 28 nitrogen and oxygen atoms in total. The first-order chi connectivity index (χ1) is 66.0. The second-order valence-electron chi connectivity index (χ2n) is 36.7. The lowest BCUT2D eigenvalue weighted by Crippen LogP contribution is -2.46. The second kappa shape index (κ2) is 42.3. The van der Waals surface area contributed by atoms with E-state index in [-0.39, 0.29) is 46.1 Å². The molecule has 8 aromatic carbocycles. The summed E-state index contributed by atoms with van der Waals surface area (Å²) in [4.78, 5) is 127. The van der Waals surface area contributed by atoms with Gasteiger partial charge < -0.3 is 59.6 Å². The van der Waals surface area contributed by atoms with Gasteiger partial charge >= 0.3 is 12.1 Å². The molecule has 4 aromatic heterocycles. The lowest BCUT2D eigenvalue weighted by molar-refractivity contribution is -0.120. The average Bonchev–Trinajstić information content (AvgIpc) is 1.64. The van der Waals surface area contributed by atoms with Crippen molar-refractivity contribution < 1.29 is 19.2 Å². The molecule has 12 aliphatic heterocycles. The normalized spacial score (nSPS) is 16.6. The van der Waals surface area contributed by atoms with Gasteiger partial charge in [-0.25, -0.2) is 9.59 Å². The summed E-state index contributed by atoms with van der Waals surface area (Å²) in [6, 6.07) is 60.7. The van der Waals surface area contributed by atoms with Crippen LogP contribution in [0.4, 0.5) is 77.8 Å². The molecule has 24 rings (SSSR count). The largest absolute Gasteiger partial charge is 0.374 e. The van der Waals surface area contributed by atoms with Crippen LogP contribution in [0.3, 0.4) is 0 Å². The maximum absolute atomic E-state index is 11.9. The minimum Gasteiger partial charge on any atom is -0.374 e. The van der Waals surface area contributed by atoms with Crippen molar-refractivity contribution in [3.8, 4) is 22.7 Å².